The Bertz CT molecular complexity index is 456. The Morgan fingerprint density at radius 1 is 1.42 bits per heavy atom. The number of aliphatic imine (C=N–C) groups is 1. The van der Waals surface area contributed by atoms with Crippen LogP contribution in [0.25, 0.3) is 0 Å². The second kappa shape index (κ2) is 6.55. The molecule has 2 rings (SSSR count). The lowest BCUT2D eigenvalue weighted by atomic mass is 9.96. The van der Waals surface area contributed by atoms with E-state index in [0.717, 1.165) is 18.5 Å². The molecule has 0 atom stereocenters. The highest BCUT2D eigenvalue weighted by atomic mass is 16.5. The Labute approximate surface area is 114 Å². The molecular weight excluding hydrogens is 240 g/mol. The molecule has 1 aromatic heterocycles. The van der Waals surface area contributed by atoms with Gasteiger partial charge in [0.1, 0.15) is 0 Å². The third-order valence-electron chi connectivity index (χ3n) is 3.54. The van der Waals surface area contributed by atoms with Crippen LogP contribution in [0.4, 0.5) is 0 Å². The van der Waals surface area contributed by atoms with E-state index < -0.39 is 0 Å². The van der Waals surface area contributed by atoms with Crippen LogP contribution in [0.3, 0.4) is 0 Å². The summed E-state index contributed by atoms with van der Waals surface area (Å²) in [4.78, 5) is 16.8. The van der Waals surface area contributed by atoms with Gasteiger partial charge in [-0.25, -0.2) is 4.79 Å². The minimum Gasteiger partial charge on any atom is -0.461 e. The van der Waals surface area contributed by atoms with E-state index in [1.165, 1.54) is 19.3 Å². The molecule has 1 aromatic rings. The second-order valence-corrected chi connectivity index (χ2v) is 4.99. The van der Waals surface area contributed by atoms with E-state index >= 15 is 0 Å². The Morgan fingerprint density at radius 2 is 2.16 bits per heavy atom. The van der Waals surface area contributed by atoms with E-state index in [2.05, 4.69) is 4.99 Å². The van der Waals surface area contributed by atoms with Gasteiger partial charge in [-0.2, -0.15) is 0 Å². The highest BCUT2D eigenvalue weighted by molar-refractivity contribution is 6.42. The van der Waals surface area contributed by atoms with Gasteiger partial charge in [0.2, 0.25) is 0 Å². The zero-order valence-electron chi connectivity index (χ0n) is 11.8. The summed E-state index contributed by atoms with van der Waals surface area (Å²) < 4.78 is 7.06. The molecular formula is C15H22N2O2. The average Bonchev–Trinajstić information content (AvgIpc) is 2.83. The van der Waals surface area contributed by atoms with Gasteiger partial charge >= 0.3 is 5.97 Å². The summed E-state index contributed by atoms with van der Waals surface area (Å²) in [6.45, 7) is 2.20. The summed E-state index contributed by atoms with van der Waals surface area (Å²) in [5, 5.41) is 0. The molecule has 0 amide bonds. The van der Waals surface area contributed by atoms with E-state index in [1.54, 1.807) is 0 Å². The first-order valence-electron chi connectivity index (χ1n) is 7.09. The molecule has 0 spiro atoms. The lowest BCUT2D eigenvalue weighted by molar-refractivity contribution is -0.135. The summed E-state index contributed by atoms with van der Waals surface area (Å²) in [5.41, 5.74) is 1.31. The molecule has 0 N–H and O–H groups in total. The van der Waals surface area contributed by atoms with Crippen molar-refractivity contribution in [1.82, 2.24) is 4.57 Å². The molecule has 1 aliphatic carbocycles. The van der Waals surface area contributed by atoms with Crippen LogP contribution in [0, 0.1) is 0 Å². The molecule has 1 aliphatic rings. The molecule has 1 heterocycles. The third kappa shape index (κ3) is 3.46. The van der Waals surface area contributed by atoms with E-state index in [1.807, 2.05) is 36.9 Å². The Morgan fingerprint density at radius 3 is 2.74 bits per heavy atom. The van der Waals surface area contributed by atoms with Crippen molar-refractivity contribution in [3.63, 3.8) is 0 Å². The quantitative estimate of drug-likeness (QED) is 0.618. The topological polar surface area (TPSA) is 43.6 Å². The molecule has 0 aromatic carbocycles. The van der Waals surface area contributed by atoms with Gasteiger partial charge in [0, 0.05) is 13.2 Å². The summed E-state index contributed by atoms with van der Waals surface area (Å²) in [6.07, 6.45) is 7.77. The number of hydrogen-bond acceptors (Lipinski definition) is 3. The lowest BCUT2D eigenvalue weighted by Crippen LogP contribution is -2.24. The van der Waals surface area contributed by atoms with Gasteiger partial charge in [0.15, 0.2) is 5.71 Å². The molecule has 0 aliphatic heterocycles. The fraction of sp³-hybridized carbons (Fsp3) is 0.600. The number of aromatic nitrogens is 1. The summed E-state index contributed by atoms with van der Waals surface area (Å²) in [7, 11) is 1.92. The highest BCUT2D eigenvalue weighted by Crippen LogP contribution is 2.21. The van der Waals surface area contributed by atoms with E-state index in [9.17, 15) is 4.79 Å². The largest absolute Gasteiger partial charge is 0.461 e. The molecule has 104 valence electrons. The fourth-order valence-corrected chi connectivity index (χ4v) is 2.52. The molecule has 4 nitrogen and oxygen atoms in total. The van der Waals surface area contributed by atoms with Gasteiger partial charge < -0.3 is 9.30 Å². The molecule has 19 heavy (non-hydrogen) atoms. The number of hydrogen-bond donors (Lipinski definition) is 0. The molecule has 1 fully saturated rings. The number of ether oxygens (including phenoxy) is 1. The van der Waals surface area contributed by atoms with Crippen LogP contribution in [0.15, 0.2) is 23.3 Å². The van der Waals surface area contributed by atoms with Crippen molar-refractivity contribution in [2.45, 2.75) is 45.1 Å². The van der Waals surface area contributed by atoms with Gasteiger partial charge in [-0.1, -0.05) is 19.3 Å². The van der Waals surface area contributed by atoms with Crippen LogP contribution in [-0.2, 0) is 16.6 Å². The van der Waals surface area contributed by atoms with E-state index in [4.69, 9.17) is 4.74 Å². The van der Waals surface area contributed by atoms with E-state index in [-0.39, 0.29) is 12.0 Å². The molecule has 4 heteroatoms. The first kappa shape index (κ1) is 13.8. The number of nitrogens with zero attached hydrogens (tertiary/aromatic N) is 2. The number of carbonyl (C=O) groups excluding carboxylic acids is 1. The molecule has 0 unspecified atom stereocenters. The van der Waals surface area contributed by atoms with Crippen molar-refractivity contribution in [1.29, 1.82) is 0 Å². The van der Waals surface area contributed by atoms with Crippen LogP contribution in [0.1, 0.15) is 44.7 Å². The number of aryl methyl sites for hydroxylation is 1. The predicted octanol–water partition coefficient (Wildman–Crippen LogP) is 2.71. The summed E-state index contributed by atoms with van der Waals surface area (Å²) in [5.74, 6) is -0.310. The standard InChI is InChI=1S/C15H22N2O2/c1-3-19-15(18)14(13-10-7-11-17(13)2)16-12-8-5-4-6-9-12/h7,10-12H,3-6,8-9H2,1-2H3/b16-14-. The van der Waals surface area contributed by atoms with Crippen LogP contribution in [-0.4, -0.2) is 28.9 Å². The van der Waals surface area contributed by atoms with Crippen LogP contribution < -0.4 is 0 Å². The van der Waals surface area contributed by atoms with Crippen molar-refractivity contribution in [3.05, 3.63) is 24.0 Å². The number of rotatable bonds is 4. The maximum absolute atomic E-state index is 12.1. The van der Waals surface area contributed by atoms with Crippen molar-refractivity contribution in [2.75, 3.05) is 6.61 Å². The minimum atomic E-state index is -0.310. The van der Waals surface area contributed by atoms with Crippen molar-refractivity contribution in [3.8, 4) is 0 Å². The van der Waals surface area contributed by atoms with Crippen LogP contribution in [0.5, 0.6) is 0 Å². The summed E-state index contributed by atoms with van der Waals surface area (Å²) >= 11 is 0. The molecule has 0 saturated heterocycles. The third-order valence-corrected chi connectivity index (χ3v) is 3.54. The second-order valence-electron chi connectivity index (χ2n) is 4.99. The fourth-order valence-electron chi connectivity index (χ4n) is 2.52. The monoisotopic (exact) mass is 262 g/mol. The number of esters is 1. The van der Waals surface area contributed by atoms with E-state index in [0.29, 0.717) is 12.3 Å². The van der Waals surface area contributed by atoms with Crippen LogP contribution >= 0.6 is 0 Å². The average molecular weight is 262 g/mol. The maximum atomic E-state index is 12.1. The predicted molar refractivity (Wildman–Crippen MR) is 75.5 cm³/mol. The Kier molecular flexibility index (Phi) is 4.77. The van der Waals surface area contributed by atoms with Crippen molar-refractivity contribution in [2.24, 2.45) is 12.0 Å². The first-order chi connectivity index (χ1) is 9.22. The van der Waals surface area contributed by atoms with Gasteiger partial charge in [-0.3, -0.25) is 4.99 Å². The van der Waals surface area contributed by atoms with Crippen LogP contribution in [0.2, 0.25) is 0 Å². The normalized spacial score (nSPS) is 17.5. The van der Waals surface area contributed by atoms with Crippen molar-refractivity contribution < 1.29 is 9.53 Å². The summed E-state index contributed by atoms with van der Waals surface area (Å²) in [6, 6.07) is 4.10. The van der Waals surface area contributed by atoms with Gasteiger partial charge in [0.25, 0.3) is 0 Å². The first-order valence-corrected chi connectivity index (χ1v) is 7.09. The molecule has 0 bridgehead atoms. The Hall–Kier alpha value is -1.58. The van der Waals surface area contributed by atoms with Gasteiger partial charge in [0.05, 0.1) is 18.3 Å². The van der Waals surface area contributed by atoms with Gasteiger partial charge in [-0.15, -0.1) is 0 Å². The lowest BCUT2D eigenvalue weighted by Gasteiger charge is -2.19. The van der Waals surface area contributed by atoms with Gasteiger partial charge in [-0.05, 0) is 31.9 Å². The molecule has 1 saturated carbocycles. The minimum absolute atomic E-state index is 0.267. The number of carbonyl (C=O) groups is 1. The molecule has 0 radical (unpaired) electrons. The SMILES string of the molecule is CCOC(=O)/C(=N\C1CCCCC1)c1cccn1C. The maximum Gasteiger partial charge on any atom is 0.358 e. The smallest absolute Gasteiger partial charge is 0.358 e. The Balaban J connectivity index is 2.25. The zero-order valence-corrected chi connectivity index (χ0v) is 11.8. The van der Waals surface area contributed by atoms with Crippen molar-refractivity contribution >= 4 is 11.7 Å². The zero-order chi connectivity index (χ0) is 13.7. The highest BCUT2D eigenvalue weighted by Gasteiger charge is 2.21.